The van der Waals surface area contributed by atoms with Gasteiger partial charge in [0.15, 0.2) is 5.16 Å². The fourth-order valence-electron chi connectivity index (χ4n) is 1.35. The number of thioether (sulfide) groups is 1. The minimum atomic E-state index is 0.494. The molecule has 0 spiro atoms. The van der Waals surface area contributed by atoms with Gasteiger partial charge in [-0.1, -0.05) is 11.8 Å². The van der Waals surface area contributed by atoms with Gasteiger partial charge in [-0.25, -0.2) is 4.98 Å². The lowest BCUT2D eigenvalue weighted by molar-refractivity contribution is 0.560. The molecule has 2 heterocycles. The van der Waals surface area contributed by atoms with Gasteiger partial charge in [0.25, 0.3) is 0 Å². The molecule has 0 radical (unpaired) electrons. The van der Waals surface area contributed by atoms with Crippen molar-refractivity contribution in [2.45, 2.75) is 19.0 Å². The number of rotatable bonds is 1. The lowest BCUT2D eigenvalue weighted by Gasteiger charge is -1.98. The summed E-state index contributed by atoms with van der Waals surface area (Å²) in [6.45, 7) is 3.86. The lowest BCUT2D eigenvalue weighted by Crippen LogP contribution is -1.95. The van der Waals surface area contributed by atoms with Gasteiger partial charge in [0.05, 0.1) is 5.39 Å². The summed E-state index contributed by atoms with van der Waals surface area (Å²) in [6, 6.07) is 0. The van der Waals surface area contributed by atoms with E-state index in [4.69, 9.17) is 10.2 Å². The molecular weight excluding hydrogens is 198 g/mol. The van der Waals surface area contributed by atoms with Crippen molar-refractivity contribution in [2.24, 2.45) is 0 Å². The average molecular weight is 209 g/mol. The predicted molar refractivity (Wildman–Crippen MR) is 57.5 cm³/mol. The van der Waals surface area contributed by atoms with Crippen LogP contribution in [0.15, 0.2) is 9.57 Å². The zero-order chi connectivity index (χ0) is 10.3. The lowest BCUT2D eigenvalue weighted by atomic mass is 10.2. The molecule has 0 bridgehead atoms. The van der Waals surface area contributed by atoms with E-state index in [0.29, 0.717) is 16.7 Å². The van der Waals surface area contributed by atoms with Gasteiger partial charge in [-0.2, -0.15) is 4.98 Å². The van der Waals surface area contributed by atoms with E-state index in [1.54, 1.807) is 0 Å². The molecule has 0 amide bonds. The quantitative estimate of drug-likeness (QED) is 0.575. The van der Waals surface area contributed by atoms with E-state index in [1.807, 2.05) is 20.1 Å². The van der Waals surface area contributed by atoms with Gasteiger partial charge in [0.1, 0.15) is 11.6 Å². The maximum atomic E-state index is 5.82. The van der Waals surface area contributed by atoms with Crippen molar-refractivity contribution in [3.05, 3.63) is 11.3 Å². The highest BCUT2D eigenvalue weighted by Gasteiger charge is 2.13. The molecule has 0 aliphatic heterocycles. The van der Waals surface area contributed by atoms with Crippen LogP contribution in [0.3, 0.4) is 0 Å². The summed E-state index contributed by atoms with van der Waals surface area (Å²) >= 11 is 1.45. The Labute approximate surface area is 85.9 Å². The largest absolute Gasteiger partial charge is 0.443 e. The number of hydrogen-bond donors (Lipinski definition) is 1. The number of nitrogen functional groups attached to an aromatic ring is 1. The summed E-state index contributed by atoms with van der Waals surface area (Å²) < 4.78 is 5.48. The first-order valence-electron chi connectivity index (χ1n) is 4.20. The van der Waals surface area contributed by atoms with Crippen LogP contribution < -0.4 is 5.73 Å². The van der Waals surface area contributed by atoms with E-state index in [1.165, 1.54) is 11.8 Å². The normalized spacial score (nSPS) is 11.1. The SMILES string of the molecule is CSc1nc(N)c2c(C)c(C)oc2n1. The monoisotopic (exact) mass is 209 g/mol. The molecule has 5 heteroatoms. The molecule has 0 atom stereocenters. The van der Waals surface area contributed by atoms with Crippen molar-refractivity contribution < 1.29 is 4.42 Å². The Hall–Kier alpha value is -1.23. The summed E-state index contributed by atoms with van der Waals surface area (Å²) in [4.78, 5) is 8.41. The summed E-state index contributed by atoms with van der Waals surface area (Å²) in [6.07, 6.45) is 1.91. The summed E-state index contributed by atoms with van der Waals surface area (Å²) in [7, 11) is 0. The molecule has 0 saturated carbocycles. The van der Waals surface area contributed by atoms with Crippen molar-refractivity contribution >= 4 is 28.7 Å². The van der Waals surface area contributed by atoms with Crippen LogP contribution in [0.5, 0.6) is 0 Å². The van der Waals surface area contributed by atoms with Gasteiger partial charge in [-0.05, 0) is 20.1 Å². The fourth-order valence-corrected chi connectivity index (χ4v) is 1.72. The molecule has 0 fully saturated rings. The topological polar surface area (TPSA) is 64.9 Å². The predicted octanol–water partition coefficient (Wildman–Crippen LogP) is 2.14. The third kappa shape index (κ3) is 1.24. The Morgan fingerprint density at radius 1 is 1.29 bits per heavy atom. The molecule has 4 nitrogen and oxygen atoms in total. The van der Waals surface area contributed by atoms with Crippen LogP contribution >= 0.6 is 11.8 Å². The third-order valence-corrected chi connectivity index (χ3v) is 2.77. The Kier molecular flexibility index (Phi) is 2.11. The van der Waals surface area contributed by atoms with Gasteiger partial charge in [0, 0.05) is 5.56 Å². The van der Waals surface area contributed by atoms with Gasteiger partial charge in [0.2, 0.25) is 5.71 Å². The second-order valence-electron chi connectivity index (χ2n) is 3.06. The van der Waals surface area contributed by atoms with Crippen LogP contribution in [0.25, 0.3) is 11.1 Å². The van der Waals surface area contributed by atoms with E-state index in [-0.39, 0.29) is 0 Å². The first-order valence-corrected chi connectivity index (χ1v) is 5.43. The standard InChI is InChI=1S/C9H11N3OS/c1-4-5(2)13-8-6(4)7(10)11-9(12-8)14-3/h1-3H3,(H2,10,11,12). The first-order chi connectivity index (χ1) is 6.63. The fraction of sp³-hybridized carbons (Fsp3) is 0.333. The van der Waals surface area contributed by atoms with Crippen molar-refractivity contribution in [2.75, 3.05) is 12.0 Å². The van der Waals surface area contributed by atoms with Crippen molar-refractivity contribution in [3.8, 4) is 0 Å². The van der Waals surface area contributed by atoms with E-state index in [0.717, 1.165) is 16.7 Å². The minimum absolute atomic E-state index is 0.494. The number of aryl methyl sites for hydroxylation is 2. The van der Waals surface area contributed by atoms with Crippen LogP contribution in [0.1, 0.15) is 11.3 Å². The average Bonchev–Trinajstić information content (AvgIpc) is 2.43. The Morgan fingerprint density at radius 2 is 2.00 bits per heavy atom. The third-order valence-electron chi connectivity index (χ3n) is 2.22. The van der Waals surface area contributed by atoms with Crippen molar-refractivity contribution in [1.82, 2.24) is 9.97 Å². The second kappa shape index (κ2) is 3.16. The van der Waals surface area contributed by atoms with E-state index >= 15 is 0 Å². The molecule has 2 aromatic heterocycles. The maximum Gasteiger partial charge on any atom is 0.232 e. The molecule has 2 rings (SSSR count). The zero-order valence-electron chi connectivity index (χ0n) is 8.29. The molecule has 2 N–H and O–H groups in total. The first kappa shape index (κ1) is 9.33. The van der Waals surface area contributed by atoms with Crippen molar-refractivity contribution in [1.29, 1.82) is 0 Å². The second-order valence-corrected chi connectivity index (χ2v) is 3.83. The molecular formula is C9H11N3OS. The van der Waals surface area contributed by atoms with Gasteiger partial charge in [-0.3, -0.25) is 0 Å². The Morgan fingerprint density at radius 3 is 2.64 bits per heavy atom. The van der Waals surface area contributed by atoms with Crippen molar-refractivity contribution in [3.63, 3.8) is 0 Å². The van der Waals surface area contributed by atoms with Gasteiger partial charge < -0.3 is 10.2 Å². The Bertz CT molecular complexity index is 492. The number of hydrogen-bond acceptors (Lipinski definition) is 5. The highest BCUT2D eigenvalue weighted by Crippen LogP contribution is 2.28. The summed E-state index contributed by atoms with van der Waals surface area (Å²) in [5.41, 5.74) is 7.42. The van der Waals surface area contributed by atoms with Crippen LogP contribution in [0.4, 0.5) is 5.82 Å². The van der Waals surface area contributed by atoms with Gasteiger partial charge >= 0.3 is 0 Å². The molecule has 0 unspecified atom stereocenters. The summed E-state index contributed by atoms with van der Waals surface area (Å²) in [5.74, 6) is 1.34. The smallest absolute Gasteiger partial charge is 0.232 e. The Balaban J connectivity index is 2.83. The molecule has 74 valence electrons. The molecule has 0 aliphatic carbocycles. The van der Waals surface area contributed by atoms with Crippen LogP contribution in [0, 0.1) is 13.8 Å². The van der Waals surface area contributed by atoms with Crippen LogP contribution in [-0.4, -0.2) is 16.2 Å². The molecule has 14 heavy (non-hydrogen) atoms. The van der Waals surface area contributed by atoms with E-state index in [9.17, 15) is 0 Å². The van der Waals surface area contributed by atoms with Crippen LogP contribution in [-0.2, 0) is 0 Å². The number of fused-ring (bicyclic) bond motifs is 1. The number of aromatic nitrogens is 2. The number of nitrogens with two attached hydrogens (primary N) is 1. The highest BCUT2D eigenvalue weighted by molar-refractivity contribution is 7.98. The maximum absolute atomic E-state index is 5.82. The van der Waals surface area contributed by atoms with Gasteiger partial charge in [-0.15, -0.1) is 0 Å². The molecule has 0 aromatic carbocycles. The number of furan rings is 1. The summed E-state index contributed by atoms with van der Waals surface area (Å²) in [5, 5.41) is 1.48. The minimum Gasteiger partial charge on any atom is -0.443 e. The number of nitrogens with zero attached hydrogens (tertiary/aromatic N) is 2. The van der Waals surface area contributed by atoms with Crippen LogP contribution in [0.2, 0.25) is 0 Å². The van der Waals surface area contributed by atoms with E-state index < -0.39 is 0 Å². The molecule has 0 aliphatic rings. The van der Waals surface area contributed by atoms with E-state index in [2.05, 4.69) is 9.97 Å². The molecule has 0 saturated heterocycles. The number of anilines is 1. The molecule has 2 aromatic rings. The highest BCUT2D eigenvalue weighted by atomic mass is 32.2. The zero-order valence-corrected chi connectivity index (χ0v) is 9.10.